The second-order valence-electron chi connectivity index (χ2n) is 4.52. The lowest BCUT2D eigenvalue weighted by Gasteiger charge is -2.26. The molecule has 0 unspecified atom stereocenters. The third-order valence-electron chi connectivity index (χ3n) is 3.11. The molecular weight excluding hydrogens is 263 g/mol. The summed E-state index contributed by atoms with van der Waals surface area (Å²) < 4.78 is 12.8. The summed E-state index contributed by atoms with van der Waals surface area (Å²) in [5, 5.41) is 13.7. The monoisotopic (exact) mass is 278 g/mol. The molecule has 1 N–H and O–H groups in total. The summed E-state index contributed by atoms with van der Waals surface area (Å²) in [6.07, 6.45) is 0.712. The lowest BCUT2D eigenvalue weighted by Crippen LogP contribution is -2.43. The smallest absolute Gasteiger partial charge is 0.208 e. The number of anilines is 1. The Morgan fingerprint density at radius 3 is 2.63 bits per heavy atom. The Morgan fingerprint density at radius 1 is 1.16 bits per heavy atom. The molecule has 0 atom stereocenters. The van der Waals surface area contributed by atoms with E-state index in [4.69, 9.17) is 0 Å². The van der Waals surface area contributed by atoms with E-state index in [9.17, 15) is 4.39 Å². The van der Waals surface area contributed by atoms with Crippen LogP contribution in [-0.2, 0) is 6.42 Å². The molecule has 0 saturated carbocycles. The van der Waals surface area contributed by atoms with Crippen molar-refractivity contribution < 1.29 is 4.39 Å². The zero-order chi connectivity index (χ0) is 13.1. The molecular formula is C13H15FN4S. The molecule has 2 heterocycles. The van der Waals surface area contributed by atoms with Crippen molar-refractivity contribution in [1.29, 1.82) is 0 Å². The molecule has 4 nitrogen and oxygen atoms in total. The van der Waals surface area contributed by atoms with Crippen molar-refractivity contribution in [2.75, 3.05) is 31.1 Å². The van der Waals surface area contributed by atoms with Crippen LogP contribution in [0.3, 0.4) is 0 Å². The number of halogens is 1. The van der Waals surface area contributed by atoms with Crippen LogP contribution in [0.1, 0.15) is 10.6 Å². The quantitative estimate of drug-likeness (QED) is 0.927. The number of hydrogen-bond acceptors (Lipinski definition) is 5. The van der Waals surface area contributed by atoms with Gasteiger partial charge in [-0.3, -0.25) is 0 Å². The Hall–Kier alpha value is -1.53. The van der Waals surface area contributed by atoms with Gasteiger partial charge in [0.15, 0.2) is 0 Å². The zero-order valence-corrected chi connectivity index (χ0v) is 11.3. The molecule has 0 amide bonds. The number of nitrogens with zero attached hydrogens (tertiary/aromatic N) is 3. The SMILES string of the molecule is Fc1ccc(Cc2nnc(N3CCNCC3)s2)cc1. The summed E-state index contributed by atoms with van der Waals surface area (Å²) in [5.41, 5.74) is 1.06. The maximum atomic E-state index is 12.8. The minimum atomic E-state index is -0.206. The molecule has 1 aromatic carbocycles. The number of nitrogens with one attached hydrogen (secondary N) is 1. The average molecular weight is 278 g/mol. The van der Waals surface area contributed by atoms with E-state index in [2.05, 4.69) is 20.4 Å². The standard InChI is InChI=1S/C13H15FN4S/c14-11-3-1-10(2-4-11)9-12-16-17-13(19-12)18-7-5-15-6-8-18/h1-4,15H,5-9H2. The van der Waals surface area contributed by atoms with E-state index in [1.54, 1.807) is 23.5 Å². The van der Waals surface area contributed by atoms with Crippen molar-refractivity contribution in [3.05, 3.63) is 40.7 Å². The molecule has 6 heteroatoms. The van der Waals surface area contributed by atoms with Gasteiger partial charge in [0.05, 0.1) is 0 Å². The van der Waals surface area contributed by atoms with E-state index >= 15 is 0 Å². The summed E-state index contributed by atoms with van der Waals surface area (Å²) in [6.45, 7) is 3.94. The van der Waals surface area contributed by atoms with Crippen molar-refractivity contribution in [1.82, 2.24) is 15.5 Å². The van der Waals surface area contributed by atoms with Gasteiger partial charge in [-0.15, -0.1) is 10.2 Å². The Bertz CT molecular complexity index is 534. The van der Waals surface area contributed by atoms with Crippen molar-refractivity contribution >= 4 is 16.5 Å². The summed E-state index contributed by atoms with van der Waals surface area (Å²) >= 11 is 1.62. The molecule has 0 spiro atoms. The highest BCUT2D eigenvalue weighted by Gasteiger charge is 2.15. The molecule has 1 aliphatic rings. The van der Waals surface area contributed by atoms with Crippen LogP contribution >= 0.6 is 11.3 Å². The fraction of sp³-hybridized carbons (Fsp3) is 0.385. The van der Waals surface area contributed by atoms with Crippen LogP contribution in [0.25, 0.3) is 0 Å². The molecule has 0 aliphatic carbocycles. The zero-order valence-electron chi connectivity index (χ0n) is 10.5. The first-order chi connectivity index (χ1) is 9.31. The van der Waals surface area contributed by atoms with E-state index < -0.39 is 0 Å². The molecule has 100 valence electrons. The Labute approximate surface area is 115 Å². The first kappa shape index (κ1) is 12.5. The molecule has 1 fully saturated rings. The minimum Gasteiger partial charge on any atom is -0.344 e. The highest BCUT2D eigenvalue weighted by Crippen LogP contribution is 2.22. The lowest BCUT2D eigenvalue weighted by atomic mass is 10.2. The maximum Gasteiger partial charge on any atom is 0.208 e. The summed E-state index contributed by atoms with van der Waals surface area (Å²) in [7, 11) is 0. The number of aromatic nitrogens is 2. The Balaban J connectivity index is 1.68. The highest BCUT2D eigenvalue weighted by atomic mass is 32.1. The van der Waals surface area contributed by atoms with E-state index in [0.717, 1.165) is 41.9 Å². The normalized spacial score (nSPS) is 15.7. The molecule has 1 aromatic heterocycles. The van der Waals surface area contributed by atoms with Gasteiger partial charge in [-0.25, -0.2) is 4.39 Å². The Kier molecular flexibility index (Phi) is 3.70. The van der Waals surface area contributed by atoms with Gasteiger partial charge in [-0.2, -0.15) is 0 Å². The van der Waals surface area contributed by atoms with Gasteiger partial charge in [0.2, 0.25) is 5.13 Å². The Morgan fingerprint density at radius 2 is 1.89 bits per heavy atom. The number of rotatable bonds is 3. The molecule has 3 rings (SSSR count). The minimum absolute atomic E-state index is 0.206. The largest absolute Gasteiger partial charge is 0.344 e. The average Bonchev–Trinajstić information content (AvgIpc) is 2.91. The fourth-order valence-electron chi connectivity index (χ4n) is 2.08. The third kappa shape index (κ3) is 3.08. The van der Waals surface area contributed by atoms with Crippen molar-refractivity contribution in [3.8, 4) is 0 Å². The summed E-state index contributed by atoms with van der Waals surface area (Å²) in [4.78, 5) is 2.25. The molecule has 2 aromatic rings. The highest BCUT2D eigenvalue weighted by molar-refractivity contribution is 7.15. The van der Waals surface area contributed by atoms with Gasteiger partial charge < -0.3 is 10.2 Å². The van der Waals surface area contributed by atoms with E-state index in [0.29, 0.717) is 6.42 Å². The van der Waals surface area contributed by atoms with Crippen LogP contribution in [0.2, 0.25) is 0 Å². The predicted molar refractivity (Wildman–Crippen MR) is 74.2 cm³/mol. The lowest BCUT2D eigenvalue weighted by molar-refractivity contribution is 0.587. The molecule has 19 heavy (non-hydrogen) atoms. The number of piperazine rings is 1. The fourth-order valence-corrected chi connectivity index (χ4v) is 3.00. The van der Waals surface area contributed by atoms with Gasteiger partial charge in [0.1, 0.15) is 10.8 Å². The van der Waals surface area contributed by atoms with Crippen LogP contribution in [0.5, 0.6) is 0 Å². The van der Waals surface area contributed by atoms with Crippen LogP contribution in [0.4, 0.5) is 9.52 Å². The van der Waals surface area contributed by atoms with E-state index in [1.807, 2.05) is 0 Å². The molecule has 1 saturated heterocycles. The molecule has 0 radical (unpaired) electrons. The summed E-state index contributed by atoms with van der Waals surface area (Å²) in [5.74, 6) is -0.206. The summed E-state index contributed by atoms with van der Waals surface area (Å²) in [6, 6.07) is 6.55. The number of benzene rings is 1. The first-order valence-corrected chi connectivity index (χ1v) is 7.15. The van der Waals surface area contributed by atoms with Gasteiger partial charge in [0, 0.05) is 32.6 Å². The third-order valence-corrected chi connectivity index (χ3v) is 4.10. The van der Waals surface area contributed by atoms with Crippen molar-refractivity contribution in [2.24, 2.45) is 0 Å². The van der Waals surface area contributed by atoms with Crippen LogP contribution in [0.15, 0.2) is 24.3 Å². The predicted octanol–water partition coefficient (Wildman–Crippen LogP) is 1.68. The second-order valence-corrected chi connectivity index (χ2v) is 5.56. The first-order valence-electron chi connectivity index (χ1n) is 6.34. The maximum absolute atomic E-state index is 12.8. The van der Waals surface area contributed by atoms with E-state index in [1.165, 1.54) is 12.1 Å². The van der Waals surface area contributed by atoms with Crippen LogP contribution in [-0.4, -0.2) is 36.4 Å². The van der Waals surface area contributed by atoms with Gasteiger partial charge in [0.25, 0.3) is 0 Å². The molecule has 1 aliphatic heterocycles. The van der Waals surface area contributed by atoms with Crippen molar-refractivity contribution in [2.45, 2.75) is 6.42 Å². The van der Waals surface area contributed by atoms with Gasteiger partial charge >= 0.3 is 0 Å². The topological polar surface area (TPSA) is 41.1 Å². The van der Waals surface area contributed by atoms with Crippen molar-refractivity contribution in [3.63, 3.8) is 0 Å². The van der Waals surface area contributed by atoms with Crippen LogP contribution in [0, 0.1) is 5.82 Å². The second kappa shape index (κ2) is 5.63. The van der Waals surface area contributed by atoms with E-state index in [-0.39, 0.29) is 5.82 Å². The van der Waals surface area contributed by atoms with Gasteiger partial charge in [-0.1, -0.05) is 23.5 Å². The van der Waals surface area contributed by atoms with Gasteiger partial charge in [-0.05, 0) is 17.7 Å². The van der Waals surface area contributed by atoms with Crippen LogP contribution < -0.4 is 10.2 Å². The molecule has 0 bridgehead atoms. The number of hydrogen-bond donors (Lipinski definition) is 1.